The van der Waals surface area contributed by atoms with Crippen LogP contribution in [0.1, 0.15) is 12.5 Å². The van der Waals surface area contributed by atoms with E-state index in [-0.39, 0.29) is 12.3 Å². The Balaban J connectivity index is 1.59. The van der Waals surface area contributed by atoms with E-state index in [1.807, 2.05) is 31.2 Å². The molecule has 1 N–H and O–H groups in total. The zero-order valence-electron chi connectivity index (χ0n) is 14.4. The van der Waals surface area contributed by atoms with Crippen molar-refractivity contribution in [2.24, 2.45) is 0 Å². The summed E-state index contributed by atoms with van der Waals surface area (Å²) >= 11 is 0. The second-order valence-corrected chi connectivity index (χ2v) is 5.48. The minimum Gasteiger partial charge on any atom is -0.494 e. The standard InChI is InChI=1S/C20H19N3O3/c1-2-25-17-8-6-15(7-9-17)12-19(24)23-16-4-3-5-18(13-16)26-20-14-21-10-11-22-20/h3-11,13-14H,2,12H2,1H3,(H,23,24). The van der Waals surface area contributed by atoms with Gasteiger partial charge in [-0.2, -0.15) is 0 Å². The molecule has 0 aliphatic carbocycles. The van der Waals surface area contributed by atoms with Crippen LogP contribution in [0.15, 0.2) is 67.1 Å². The molecule has 1 aromatic heterocycles. The van der Waals surface area contributed by atoms with Gasteiger partial charge in [-0.05, 0) is 36.8 Å². The maximum Gasteiger partial charge on any atom is 0.237 e. The van der Waals surface area contributed by atoms with Gasteiger partial charge in [-0.15, -0.1) is 0 Å². The van der Waals surface area contributed by atoms with Crippen molar-refractivity contribution in [3.8, 4) is 17.4 Å². The summed E-state index contributed by atoms with van der Waals surface area (Å²) in [4.78, 5) is 20.3. The molecule has 0 aliphatic heterocycles. The molecule has 6 nitrogen and oxygen atoms in total. The van der Waals surface area contributed by atoms with Crippen LogP contribution in [-0.4, -0.2) is 22.5 Å². The zero-order valence-corrected chi connectivity index (χ0v) is 14.4. The third-order valence-electron chi connectivity index (χ3n) is 3.48. The van der Waals surface area contributed by atoms with E-state index in [1.54, 1.807) is 36.7 Å². The lowest BCUT2D eigenvalue weighted by molar-refractivity contribution is -0.115. The fourth-order valence-corrected chi connectivity index (χ4v) is 2.36. The smallest absolute Gasteiger partial charge is 0.237 e. The summed E-state index contributed by atoms with van der Waals surface area (Å²) < 4.78 is 11.0. The maximum atomic E-state index is 12.3. The lowest BCUT2D eigenvalue weighted by Gasteiger charge is -2.09. The highest BCUT2D eigenvalue weighted by Gasteiger charge is 2.06. The van der Waals surface area contributed by atoms with Gasteiger partial charge in [0.15, 0.2) is 0 Å². The normalized spacial score (nSPS) is 10.2. The fourth-order valence-electron chi connectivity index (χ4n) is 2.36. The molecule has 3 rings (SSSR count). The highest BCUT2D eigenvalue weighted by Crippen LogP contribution is 2.22. The summed E-state index contributed by atoms with van der Waals surface area (Å²) in [5, 5.41) is 2.87. The third kappa shape index (κ3) is 5.04. The lowest BCUT2D eigenvalue weighted by Crippen LogP contribution is -2.14. The number of nitrogens with zero attached hydrogens (tertiary/aromatic N) is 2. The molecule has 0 unspecified atom stereocenters. The van der Waals surface area contributed by atoms with Crippen molar-refractivity contribution in [3.05, 3.63) is 72.7 Å². The second-order valence-electron chi connectivity index (χ2n) is 5.48. The first-order valence-corrected chi connectivity index (χ1v) is 8.28. The molecule has 6 heteroatoms. The Bertz CT molecular complexity index is 852. The maximum absolute atomic E-state index is 12.3. The molecule has 0 saturated heterocycles. The van der Waals surface area contributed by atoms with Gasteiger partial charge in [0.1, 0.15) is 11.5 Å². The van der Waals surface area contributed by atoms with Crippen molar-refractivity contribution in [3.63, 3.8) is 0 Å². The van der Waals surface area contributed by atoms with Crippen LogP contribution in [0.5, 0.6) is 17.4 Å². The number of carbonyl (C=O) groups is 1. The average Bonchev–Trinajstić information content (AvgIpc) is 2.65. The monoisotopic (exact) mass is 349 g/mol. The molecule has 0 fully saturated rings. The van der Waals surface area contributed by atoms with Crippen LogP contribution in [0.2, 0.25) is 0 Å². The molecule has 1 amide bonds. The first kappa shape index (κ1) is 17.4. The SMILES string of the molecule is CCOc1ccc(CC(=O)Nc2cccc(Oc3cnccn3)c2)cc1. The Hall–Kier alpha value is -3.41. The molecular weight excluding hydrogens is 330 g/mol. The predicted octanol–water partition coefficient (Wildman–Crippen LogP) is 3.85. The summed E-state index contributed by atoms with van der Waals surface area (Å²) in [5.74, 6) is 1.66. The number of carbonyl (C=O) groups excluding carboxylic acids is 1. The summed E-state index contributed by atoms with van der Waals surface area (Å²) in [6.45, 7) is 2.55. The molecule has 132 valence electrons. The number of amides is 1. The number of nitrogens with one attached hydrogen (secondary N) is 1. The van der Waals surface area contributed by atoms with Crippen LogP contribution in [0.4, 0.5) is 5.69 Å². The number of hydrogen-bond acceptors (Lipinski definition) is 5. The lowest BCUT2D eigenvalue weighted by atomic mass is 10.1. The van der Waals surface area contributed by atoms with E-state index in [2.05, 4.69) is 15.3 Å². The van der Waals surface area contributed by atoms with Crippen molar-refractivity contribution >= 4 is 11.6 Å². The van der Waals surface area contributed by atoms with Crippen LogP contribution in [0.3, 0.4) is 0 Å². The zero-order chi connectivity index (χ0) is 18.2. The van der Waals surface area contributed by atoms with Crippen LogP contribution in [0.25, 0.3) is 0 Å². The summed E-state index contributed by atoms with van der Waals surface area (Å²) in [5.41, 5.74) is 1.57. The number of ether oxygens (including phenoxy) is 2. The van der Waals surface area contributed by atoms with Gasteiger partial charge < -0.3 is 14.8 Å². The highest BCUT2D eigenvalue weighted by molar-refractivity contribution is 5.92. The van der Waals surface area contributed by atoms with Gasteiger partial charge in [0.25, 0.3) is 0 Å². The Morgan fingerprint density at radius 3 is 2.65 bits per heavy atom. The average molecular weight is 349 g/mol. The van der Waals surface area contributed by atoms with E-state index < -0.39 is 0 Å². The van der Waals surface area contributed by atoms with E-state index in [0.29, 0.717) is 23.9 Å². The molecule has 0 spiro atoms. The molecule has 3 aromatic rings. The van der Waals surface area contributed by atoms with Crippen LogP contribution >= 0.6 is 0 Å². The summed E-state index contributed by atoms with van der Waals surface area (Å²) in [6, 6.07) is 14.6. The molecule has 0 atom stereocenters. The second kappa shape index (κ2) is 8.62. The van der Waals surface area contributed by atoms with Crippen molar-refractivity contribution in [1.82, 2.24) is 9.97 Å². The molecule has 2 aromatic carbocycles. The summed E-state index contributed by atoms with van der Waals surface area (Å²) in [6.07, 6.45) is 4.93. The molecule has 0 radical (unpaired) electrons. The number of anilines is 1. The fraction of sp³-hybridized carbons (Fsp3) is 0.150. The quantitative estimate of drug-likeness (QED) is 0.701. The van der Waals surface area contributed by atoms with Crippen LogP contribution in [-0.2, 0) is 11.2 Å². The Kier molecular flexibility index (Phi) is 5.77. The molecule has 0 saturated carbocycles. The molecule has 0 aliphatic rings. The third-order valence-corrected chi connectivity index (χ3v) is 3.48. The number of rotatable bonds is 7. The van der Waals surface area contributed by atoms with Gasteiger partial charge in [0, 0.05) is 24.1 Å². The number of hydrogen-bond donors (Lipinski definition) is 1. The van der Waals surface area contributed by atoms with E-state index in [4.69, 9.17) is 9.47 Å². The number of benzene rings is 2. The van der Waals surface area contributed by atoms with Gasteiger partial charge in [-0.3, -0.25) is 9.78 Å². The topological polar surface area (TPSA) is 73.3 Å². The Labute approximate surface area is 151 Å². The van der Waals surface area contributed by atoms with Gasteiger partial charge >= 0.3 is 0 Å². The summed E-state index contributed by atoms with van der Waals surface area (Å²) in [7, 11) is 0. The Morgan fingerprint density at radius 1 is 1.08 bits per heavy atom. The number of aromatic nitrogens is 2. The molecule has 26 heavy (non-hydrogen) atoms. The molecule has 1 heterocycles. The first-order chi connectivity index (χ1) is 12.7. The van der Waals surface area contributed by atoms with Gasteiger partial charge in [0.05, 0.1) is 19.2 Å². The predicted molar refractivity (Wildman–Crippen MR) is 98.5 cm³/mol. The Morgan fingerprint density at radius 2 is 1.92 bits per heavy atom. The van der Waals surface area contributed by atoms with Crippen LogP contribution in [0, 0.1) is 0 Å². The van der Waals surface area contributed by atoms with E-state index in [9.17, 15) is 4.79 Å². The van der Waals surface area contributed by atoms with Gasteiger partial charge in [-0.1, -0.05) is 18.2 Å². The first-order valence-electron chi connectivity index (χ1n) is 8.28. The highest BCUT2D eigenvalue weighted by atomic mass is 16.5. The van der Waals surface area contributed by atoms with Crippen molar-refractivity contribution in [2.45, 2.75) is 13.3 Å². The largest absolute Gasteiger partial charge is 0.494 e. The minimum absolute atomic E-state index is 0.106. The van der Waals surface area contributed by atoms with Crippen molar-refractivity contribution < 1.29 is 14.3 Å². The van der Waals surface area contributed by atoms with Crippen molar-refractivity contribution in [2.75, 3.05) is 11.9 Å². The van der Waals surface area contributed by atoms with E-state index >= 15 is 0 Å². The van der Waals surface area contributed by atoms with Gasteiger partial charge in [-0.25, -0.2) is 4.98 Å². The minimum atomic E-state index is -0.106. The molecular formula is C20H19N3O3. The van der Waals surface area contributed by atoms with Gasteiger partial charge in [0.2, 0.25) is 11.8 Å². The van der Waals surface area contributed by atoms with E-state index in [1.165, 1.54) is 6.20 Å². The van der Waals surface area contributed by atoms with Crippen LogP contribution < -0.4 is 14.8 Å². The van der Waals surface area contributed by atoms with Crippen molar-refractivity contribution in [1.29, 1.82) is 0 Å². The molecule has 0 bridgehead atoms. The van der Waals surface area contributed by atoms with E-state index in [0.717, 1.165) is 11.3 Å².